The first kappa shape index (κ1) is 31.1. The van der Waals surface area contributed by atoms with Gasteiger partial charge in [-0.2, -0.15) is 0 Å². The van der Waals surface area contributed by atoms with Crippen LogP contribution < -0.4 is 16.4 Å². The smallest absolute Gasteiger partial charge is 0.408 e. The largest absolute Gasteiger partial charge is 0.444 e. The Morgan fingerprint density at radius 2 is 1.63 bits per heavy atom. The van der Waals surface area contributed by atoms with E-state index in [4.69, 9.17) is 10.5 Å². The Bertz CT molecular complexity index is 1380. The summed E-state index contributed by atoms with van der Waals surface area (Å²) < 4.78 is 5.27. The number of fused-ring (bicyclic) bond motifs is 1. The summed E-state index contributed by atoms with van der Waals surface area (Å²) in [6.07, 6.45) is -0.688. The minimum Gasteiger partial charge on any atom is -0.444 e. The van der Waals surface area contributed by atoms with E-state index in [1.807, 2.05) is 55.5 Å². The van der Waals surface area contributed by atoms with Crippen molar-refractivity contribution >= 4 is 40.3 Å². The number of alkyl carbamates (subject to hydrolysis) is 1. The van der Waals surface area contributed by atoms with E-state index in [1.54, 1.807) is 39.0 Å². The van der Waals surface area contributed by atoms with E-state index < -0.39 is 54.5 Å². The summed E-state index contributed by atoms with van der Waals surface area (Å²) in [6.45, 7) is 6.23. The number of aryl methyl sites for hydroxylation is 1. The normalized spacial score (nSPS) is 12.7. The first-order valence-electron chi connectivity index (χ1n) is 13.5. The van der Waals surface area contributed by atoms with Gasteiger partial charge in [0, 0.05) is 12.2 Å². The van der Waals surface area contributed by atoms with E-state index in [0.717, 1.165) is 27.7 Å². The number of carbonyl (C=O) groups is 4. The second-order valence-corrected chi connectivity index (χ2v) is 10.7. The van der Waals surface area contributed by atoms with Crippen LogP contribution in [-0.2, 0) is 25.5 Å². The van der Waals surface area contributed by atoms with E-state index in [-0.39, 0.29) is 6.54 Å². The Morgan fingerprint density at radius 3 is 2.22 bits per heavy atom. The molecule has 41 heavy (non-hydrogen) atoms. The predicted octanol–water partition coefficient (Wildman–Crippen LogP) is 3.67. The number of nitrogens with zero attached hydrogens (tertiary/aromatic N) is 1. The van der Waals surface area contributed by atoms with Crippen LogP contribution in [0.4, 0.5) is 10.5 Å². The summed E-state index contributed by atoms with van der Waals surface area (Å²) in [4.78, 5) is 53.4. The Balaban J connectivity index is 2.01. The summed E-state index contributed by atoms with van der Waals surface area (Å²) in [5, 5.41) is 17.1. The lowest BCUT2D eigenvalue weighted by molar-refractivity contribution is -0.142. The molecule has 0 saturated heterocycles. The molecule has 10 heteroatoms. The summed E-state index contributed by atoms with van der Waals surface area (Å²) >= 11 is 0. The average Bonchev–Trinajstić information content (AvgIpc) is 2.91. The first-order chi connectivity index (χ1) is 19.4. The summed E-state index contributed by atoms with van der Waals surface area (Å²) in [5.41, 5.74) is 6.57. The number of nitrogens with two attached hydrogens (primary N) is 1. The van der Waals surface area contributed by atoms with Gasteiger partial charge in [-0.15, -0.1) is 0 Å². The van der Waals surface area contributed by atoms with Gasteiger partial charge in [-0.25, -0.2) is 4.79 Å². The third-order valence-electron chi connectivity index (χ3n) is 6.30. The van der Waals surface area contributed by atoms with Crippen molar-refractivity contribution in [2.75, 3.05) is 18.5 Å². The van der Waals surface area contributed by atoms with Gasteiger partial charge in [-0.3, -0.25) is 14.4 Å². The van der Waals surface area contributed by atoms with Crippen LogP contribution in [0.5, 0.6) is 0 Å². The van der Waals surface area contributed by atoms with Crippen molar-refractivity contribution in [3.63, 3.8) is 0 Å². The fourth-order valence-corrected chi connectivity index (χ4v) is 4.41. The topological polar surface area (TPSA) is 151 Å². The number of hydrogen-bond acceptors (Lipinski definition) is 6. The molecule has 0 aliphatic rings. The summed E-state index contributed by atoms with van der Waals surface area (Å²) in [7, 11) is 0. The number of carbonyl (C=O) groups excluding carboxylic acids is 4. The SMILES string of the molecule is CCc1ccc(C(C(=O)Nc2ccc3ccccc3c2)N(CCO)C(=O)C(CC(N)=O)NC(=O)OC(C)(C)C)cc1. The maximum Gasteiger partial charge on any atom is 0.408 e. The lowest BCUT2D eigenvalue weighted by Crippen LogP contribution is -2.54. The number of amides is 4. The lowest BCUT2D eigenvalue weighted by atomic mass is 10.00. The molecule has 2 atom stereocenters. The first-order valence-corrected chi connectivity index (χ1v) is 13.5. The second-order valence-electron chi connectivity index (χ2n) is 10.7. The van der Waals surface area contributed by atoms with Gasteiger partial charge in [0.15, 0.2) is 0 Å². The number of nitrogens with one attached hydrogen (secondary N) is 2. The third-order valence-corrected chi connectivity index (χ3v) is 6.30. The van der Waals surface area contributed by atoms with Crippen molar-refractivity contribution in [3.8, 4) is 0 Å². The molecule has 2 unspecified atom stereocenters. The molecule has 0 aromatic heterocycles. The van der Waals surface area contributed by atoms with Crippen molar-refractivity contribution in [1.29, 1.82) is 0 Å². The molecule has 3 aromatic carbocycles. The molecular formula is C31H38N4O6. The minimum atomic E-state index is -1.43. The summed E-state index contributed by atoms with van der Waals surface area (Å²) in [6, 6.07) is 17.7. The van der Waals surface area contributed by atoms with Crippen LogP contribution in [-0.4, -0.2) is 58.6 Å². The number of aliphatic hydroxyl groups excluding tert-OH is 1. The molecule has 0 heterocycles. The number of primary amides is 1. The highest BCUT2D eigenvalue weighted by atomic mass is 16.6. The molecule has 10 nitrogen and oxygen atoms in total. The van der Waals surface area contributed by atoms with Crippen molar-refractivity contribution in [3.05, 3.63) is 77.9 Å². The molecule has 5 N–H and O–H groups in total. The Morgan fingerprint density at radius 1 is 0.976 bits per heavy atom. The zero-order valence-electron chi connectivity index (χ0n) is 23.8. The van der Waals surface area contributed by atoms with Crippen LogP contribution in [0, 0.1) is 0 Å². The van der Waals surface area contributed by atoms with Crippen LogP contribution in [0.15, 0.2) is 66.7 Å². The Kier molecular flexibility index (Phi) is 10.4. The van der Waals surface area contributed by atoms with Crippen molar-refractivity contribution < 1.29 is 29.0 Å². The van der Waals surface area contributed by atoms with Gasteiger partial charge in [0.25, 0.3) is 5.91 Å². The van der Waals surface area contributed by atoms with Crippen molar-refractivity contribution in [1.82, 2.24) is 10.2 Å². The van der Waals surface area contributed by atoms with Gasteiger partial charge in [0.05, 0.1) is 13.0 Å². The predicted molar refractivity (Wildman–Crippen MR) is 157 cm³/mol. The number of rotatable bonds is 11. The van der Waals surface area contributed by atoms with Gasteiger partial charge in [-0.1, -0.05) is 61.5 Å². The fourth-order valence-electron chi connectivity index (χ4n) is 4.41. The maximum atomic E-state index is 13.9. The average molecular weight is 563 g/mol. The second kappa shape index (κ2) is 13.8. The minimum absolute atomic E-state index is 0.255. The fraction of sp³-hybridized carbons (Fsp3) is 0.355. The number of hydrogen-bond donors (Lipinski definition) is 4. The number of anilines is 1. The molecular weight excluding hydrogens is 524 g/mol. The quantitative estimate of drug-likeness (QED) is 0.280. The van der Waals surface area contributed by atoms with Crippen molar-refractivity contribution in [2.24, 2.45) is 5.73 Å². The van der Waals surface area contributed by atoms with E-state index >= 15 is 0 Å². The van der Waals surface area contributed by atoms with Crippen LogP contribution >= 0.6 is 0 Å². The molecule has 218 valence electrons. The molecule has 0 fully saturated rings. The lowest BCUT2D eigenvalue weighted by Gasteiger charge is -2.34. The Hall–Kier alpha value is -4.44. The number of ether oxygens (including phenoxy) is 1. The van der Waals surface area contributed by atoms with Crippen LogP contribution in [0.25, 0.3) is 10.8 Å². The molecule has 0 radical (unpaired) electrons. The van der Waals surface area contributed by atoms with Crippen LogP contribution in [0.3, 0.4) is 0 Å². The van der Waals surface area contributed by atoms with E-state index in [9.17, 15) is 24.3 Å². The maximum absolute atomic E-state index is 13.9. The zero-order valence-corrected chi connectivity index (χ0v) is 23.8. The standard InChI is InChI=1S/C31H38N4O6/c1-5-20-10-12-22(13-11-20)27(28(38)33-24-15-14-21-8-6-7-9-23(21)18-24)35(16-17-36)29(39)25(19-26(32)37)34-30(40)41-31(2,3)4/h6-15,18,25,27,36H,5,16-17,19H2,1-4H3,(H2,32,37)(H,33,38)(H,34,40). The highest BCUT2D eigenvalue weighted by molar-refractivity contribution is 6.01. The van der Waals surface area contributed by atoms with Crippen molar-refractivity contribution in [2.45, 2.75) is 58.2 Å². The molecule has 0 saturated carbocycles. The van der Waals surface area contributed by atoms with Crippen LogP contribution in [0.2, 0.25) is 0 Å². The van der Waals surface area contributed by atoms with E-state index in [0.29, 0.717) is 11.3 Å². The number of aliphatic hydroxyl groups is 1. The number of benzene rings is 3. The van der Waals surface area contributed by atoms with Crippen LogP contribution in [0.1, 0.15) is 51.3 Å². The van der Waals surface area contributed by atoms with Gasteiger partial charge in [-0.05, 0) is 61.2 Å². The molecule has 3 aromatic rings. The van der Waals surface area contributed by atoms with Gasteiger partial charge in [0.2, 0.25) is 11.8 Å². The Labute approximate surface area is 239 Å². The molecule has 0 aliphatic carbocycles. The molecule has 0 bridgehead atoms. The molecule has 0 spiro atoms. The molecule has 0 aliphatic heterocycles. The monoisotopic (exact) mass is 562 g/mol. The molecule has 3 rings (SSSR count). The highest BCUT2D eigenvalue weighted by Crippen LogP contribution is 2.26. The van der Waals surface area contributed by atoms with E-state index in [1.165, 1.54) is 0 Å². The third kappa shape index (κ3) is 8.77. The molecule has 4 amide bonds. The van der Waals surface area contributed by atoms with Gasteiger partial charge < -0.3 is 31.1 Å². The van der Waals surface area contributed by atoms with E-state index in [2.05, 4.69) is 10.6 Å². The highest BCUT2D eigenvalue weighted by Gasteiger charge is 2.37. The summed E-state index contributed by atoms with van der Waals surface area (Å²) in [5.74, 6) is -2.16. The zero-order chi connectivity index (χ0) is 30.2. The van der Waals surface area contributed by atoms with Gasteiger partial charge in [0.1, 0.15) is 17.7 Å². The van der Waals surface area contributed by atoms with Gasteiger partial charge >= 0.3 is 6.09 Å².